The molecule has 0 atom stereocenters. The van der Waals surface area contributed by atoms with Crippen LogP contribution in [0.2, 0.25) is 10.0 Å². The molecule has 1 heterocycles. The quantitative estimate of drug-likeness (QED) is 0.636. The minimum Gasteiger partial charge on any atom is -0.323 e. The van der Waals surface area contributed by atoms with Gasteiger partial charge in [0.1, 0.15) is 18.3 Å². The Kier molecular flexibility index (Phi) is 5.99. The molecule has 0 radical (unpaired) electrons. The molecule has 0 spiro atoms. The van der Waals surface area contributed by atoms with Crippen LogP contribution in [0.1, 0.15) is 0 Å². The number of nitrogens with one attached hydrogen (secondary N) is 1. The van der Waals surface area contributed by atoms with E-state index in [-0.39, 0.29) is 4.90 Å². The van der Waals surface area contributed by atoms with Gasteiger partial charge in [0, 0.05) is 12.1 Å². The van der Waals surface area contributed by atoms with Crippen molar-refractivity contribution in [1.82, 2.24) is 19.1 Å². The summed E-state index contributed by atoms with van der Waals surface area (Å²) in [6, 6.07) is 10.6. The van der Waals surface area contributed by atoms with Crippen LogP contribution in [0.5, 0.6) is 0 Å². The zero-order valence-electron chi connectivity index (χ0n) is 14.6. The number of likely N-dealkylation sites (N-methyl/N-ethyl adjacent to an activating group) is 1. The van der Waals surface area contributed by atoms with E-state index in [1.165, 1.54) is 48.6 Å². The summed E-state index contributed by atoms with van der Waals surface area (Å²) in [4.78, 5) is 16.4. The zero-order chi connectivity index (χ0) is 20.3. The van der Waals surface area contributed by atoms with E-state index in [0.29, 0.717) is 21.4 Å². The lowest BCUT2D eigenvalue weighted by atomic mass is 10.2. The van der Waals surface area contributed by atoms with E-state index in [9.17, 15) is 13.2 Å². The van der Waals surface area contributed by atoms with E-state index in [4.69, 9.17) is 23.2 Å². The Balaban J connectivity index is 1.78. The molecule has 0 bridgehead atoms. The third-order valence-corrected chi connectivity index (χ3v) is 6.17. The molecular formula is C17H15Cl2N5O3S. The molecule has 146 valence electrons. The van der Waals surface area contributed by atoms with E-state index in [1.54, 1.807) is 18.2 Å². The number of amides is 1. The van der Waals surface area contributed by atoms with Crippen LogP contribution in [-0.4, -0.2) is 47.0 Å². The molecule has 0 saturated heterocycles. The second-order valence-electron chi connectivity index (χ2n) is 5.74. The highest BCUT2D eigenvalue weighted by Crippen LogP contribution is 2.27. The summed E-state index contributed by atoms with van der Waals surface area (Å²) in [5.74, 6) is -0.538. The Labute approximate surface area is 171 Å². The number of rotatable bonds is 6. The van der Waals surface area contributed by atoms with Crippen molar-refractivity contribution in [3.05, 3.63) is 65.2 Å². The van der Waals surface area contributed by atoms with Crippen LogP contribution < -0.4 is 5.32 Å². The Morgan fingerprint density at radius 2 is 1.89 bits per heavy atom. The van der Waals surface area contributed by atoms with Crippen LogP contribution in [0.25, 0.3) is 5.69 Å². The summed E-state index contributed by atoms with van der Waals surface area (Å²) in [6.07, 6.45) is 2.77. The average molecular weight is 440 g/mol. The lowest BCUT2D eigenvalue weighted by molar-refractivity contribution is -0.116. The highest BCUT2D eigenvalue weighted by molar-refractivity contribution is 7.89. The maximum absolute atomic E-state index is 12.6. The number of nitrogens with zero attached hydrogens (tertiary/aromatic N) is 4. The fraction of sp³-hybridized carbons (Fsp3) is 0.118. The molecule has 8 nitrogen and oxygen atoms in total. The van der Waals surface area contributed by atoms with Gasteiger partial charge in [-0.1, -0.05) is 29.3 Å². The molecule has 0 aliphatic heterocycles. The Hall–Kier alpha value is -2.46. The summed E-state index contributed by atoms with van der Waals surface area (Å²) in [5.41, 5.74) is 0.804. The van der Waals surface area contributed by atoms with Crippen molar-refractivity contribution in [3.8, 4) is 5.69 Å². The van der Waals surface area contributed by atoms with Crippen LogP contribution in [-0.2, 0) is 14.8 Å². The fourth-order valence-electron chi connectivity index (χ4n) is 2.44. The van der Waals surface area contributed by atoms with Gasteiger partial charge >= 0.3 is 0 Å². The molecule has 0 saturated carbocycles. The van der Waals surface area contributed by atoms with Gasteiger partial charge in [0.15, 0.2) is 0 Å². The molecule has 11 heteroatoms. The number of hydrogen-bond donors (Lipinski definition) is 1. The highest BCUT2D eigenvalue weighted by Gasteiger charge is 2.23. The fourth-order valence-corrected chi connectivity index (χ4v) is 3.95. The van der Waals surface area contributed by atoms with Gasteiger partial charge in [-0.15, -0.1) is 0 Å². The predicted molar refractivity (Wildman–Crippen MR) is 106 cm³/mol. The molecular weight excluding hydrogens is 425 g/mol. The number of anilines is 1. The van der Waals surface area contributed by atoms with Crippen molar-refractivity contribution in [2.75, 3.05) is 18.9 Å². The highest BCUT2D eigenvalue weighted by atomic mass is 35.5. The number of benzene rings is 2. The molecule has 0 aliphatic carbocycles. The first-order valence-electron chi connectivity index (χ1n) is 7.94. The minimum absolute atomic E-state index is 0.0401. The molecule has 28 heavy (non-hydrogen) atoms. The van der Waals surface area contributed by atoms with Gasteiger partial charge in [0.25, 0.3) is 0 Å². The Morgan fingerprint density at radius 1 is 1.18 bits per heavy atom. The van der Waals surface area contributed by atoms with E-state index < -0.39 is 22.5 Å². The Bertz CT molecular complexity index is 1090. The van der Waals surface area contributed by atoms with Crippen LogP contribution >= 0.6 is 23.2 Å². The number of aromatic nitrogens is 3. The van der Waals surface area contributed by atoms with E-state index in [1.807, 2.05) is 0 Å². The largest absolute Gasteiger partial charge is 0.323 e. The molecule has 0 unspecified atom stereocenters. The molecule has 0 fully saturated rings. The zero-order valence-corrected chi connectivity index (χ0v) is 16.9. The van der Waals surface area contributed by atoms with Gasteiger partial charge in [0.05, 0.1) is 22.2 Å². The van der Waals surface area contributed by atoms with Gasteiger partial charge < -0.3 is 5.32 Å². The van der Waals surface area contributed by atoms with Crippen LogP contribution in [0.15, 0.2) is 60.0 Å². The summed E-state index contributed by atoms with van der Waals surface area (Å²) in [7, 11) is -2.53. The summed E-state index contributed by atoms with van der Waals surface area (Å²) in [6.45, 7) is -0.395. The number of sulfonamides is 1. The molecule has 3 rings (SSSR count). The molecule has 1 aromatic heterocycles. The molecule has 3 aromatic rings. The maximum atomic E-state index is 12.6. The summed E-state index contributed by atoms with van der Waals surface area (Å²) in [5, 5.41) is 7.45. The predicted octanol–water partition coefficient (Wildman–Crippen LogP) is 2.83. The molecule has 2 aromatic carbocycles. The lowest BCUT2D eigenvalue weighted by Gasteiger charge is -2.18. The second kappa shape index (κ2) is 8.27. The number of carbonyl (C=O) groups is 1. The topological polar surface area (TPSA) is 97.2 Å². The number of para-hydroxylation sites is 1. The van der Waals surface area contributed by atoms with Crippen LogP contribution in [0.3, 0.4) is 0 Å². The van der Waals surface area contributed by atoms with Gasteiger partial charge in [-0.25, -0.2) is 18.1 Å². The van der Waals surface area contributed by atoms with Crippen LogP contribution in [0, 0.1) is 0 Å². The summed E-state index contributed by atoms with van der Waals surface area (Å²) >= 11 is 12.0. The SMILES string of the molecule is CN(CC(=O)Nc1cccc(Cl)c1-n1cncn1)S(=O)(=O)c1ccc(Cl)cc1. The van der Waals surface area contributed by atoms with Crippen molar-refractivity contribution in [3.63, 3.8) is 0 Å². The van der Waals surface area contributed by atoms with E-state index in [0.717, 1.165) is 4.31 Å². The number of carbonyl (C=O) groups excluding carboxylic acids is 1. The van der Waals surface area contributed by atoms with Crippen molar-refractivity contribution in [2.24, 2.45) is 0 Å². The maximum Gasteiger partial charge on any atom is 0.243 e. The van der Waals surface area contributed by atoms with E-state index >= 15 is 0 Å². The number of hydrogen-bond acceptors (Lipinski definition) is 5. The third kappa shape index (κ3) is 4.33. The first kappa shape index (κ1) is 20.3. The third-order valence-electron chi connectivity index (χ3n) is 3.80. The van der Waals surface area contributed by atoms with Crippen LogP contribution in [0.4, 0.5) is 5.69 Å². The van der Waals surface area contributed by atoms with Gasteiger partial charge in [-0.3, -0.25) is 4.79 Å². The lowest BCUT2D eigenvalue weighted by Crippen LogP contribution is -2.35. The average Bonchev–Trinajstić information content (AvgIpc) is 3.16. The first-order valence-corrected chi connectivity index (χ1v) is 10.1. The second-order valence-corrected chi connectivity index (χ2v) is 8.63. The first-order chi connectivity index (χ1) is 13.3. The summed E-state index contributed by atoms with van der Waals surface area (Å²) < 4.78 is 27.6. The van der Waals surface area contributed by atoms with Crippen molar-refractivity contribution < 1.29 is 13.2 Å². The van der Waals surface area contributed by atoms with Gasteiger partial charge in [0.2, 0.25) is 15.9 Å². The normalized spacial score (nSPS) is 11.6. The van der Waals surface area contributed by atoms with Crippen molar-refractivity contribution in [1.29, 1.82) is 0 Å². The van der Waals surface area contributed by atoms with Crippen molar-refractivity contribution in [2.45, 2.75) is 4.90 Å². The molecule has 0 aliphatic rings. The molecule has 1 N–H and O–H groups in total. The minimum atomic E-state index is -3.84. The van der Waals surface area contributed by atoms with Crippen molar-refractivity contribution >= 4 is 44.8 Å². The standard InChI is InChI=1S/C17H15Cl2N5O3S/c1-23(28(26,27)13-7-5-12(18)6-8-13)9-16(25)22-15-4-2-3-14(19)17(15)24-11-20-10-21-24/h2-8,10-11H,9H2,1H3,(H,22,25). The number of halogens is 2. The van der Waals surface area contributed by atoms with Gasteiger partial charge in [-0.2, -0.15) is 9.40 Å². The van der Waals surface area contributed by atoms with Gasteiger partial charge in [-0.05, 0) is 36.4 Å². The smallest absolute Gasteiger partial charge is 0.243 e. The monoisotopic (exact) mass is 439 g/mol. The molecule has 1 amide bonds. The van der Waals surface area contributed by atoms with E-state index in [2.05, 4.69) is 15.4 Å². The Morgan fingerprint density at radius 3 is 2.54 bits per heavy atom.